The molecule has 1 amide bonds. The third kappa shape index (κ3) is 3.62. The Morgan fingerprint density at radius 1 is 1.30 bits per heavy atom. The molecule has 0 spiro atoms. The zero-order valence-corrected chi connectivity index (χ0v) is 12.1. The van der Waals surface area contributed by atoms with Gasteiger partial charge in [0.15, 0.2) is 0 Å². The Hall–Kier alpha value is -1.30. The van der Waals surface area contributed by atoms with E-state index in [2.05, 4.69) is 21.2 Å². The first kappa shape index (κ1) is 15.1. The van der Waals surface area contributed by atoms with Crippen molar-refractivity contribution < 1.29 is 18.0 Å². The van der Waals surface area contributed by atoms with Crippen LogP contribution in [0, 0.1) is 5.92 Å². The summed E-state index contributed by atoms with van der Waals surface area (Å²) in [6, 6.07) is 3.21. The van der Waals surface area contributed by atoms with Crippen molar-refractivity contribution in [3.63, 3.8) is 0 Å². The van der Waals surface area contributed by atoms with Crippen LogP contribution in [-0.2, 0) is 11.0 Å². The second kappa shape index (κ2) is 5.99. The number of amides is 1. The van der Waals surface area contributed by atoms with Crippen LogP contribution in [0.15, 0.2) is 34.8 Å². The Bertz CT molecular complexity index is 540. The number of hydrogen-bond acceptors (Lipinski definition) is 1. The summed E-state index contributed by atoms with van der Waals surface area (Å²) in [4.78, 5) is 12.0. The van der Waals surface area contributed by atoms with Crippen molar-refractivity contribution >= 4 is 27.5 Å². The molecule has 0 fully saturated rings. The van der Waals surface area contributed by atoms with Crippen LogP contribution in [0.5, 0.6) is 0 Å². The molecule has 1 atom stereocenters. The first-order valence-electron chi connectivity index (χ1n) is 6.20. The van der Waals surface area contributed by atoms with Crippen molar-refractivity contribution in [1.29, 1.82) is 0 Å². The highest BCUT2D eigenvalue weighted by Crippen LogP contribution is 2.34. The fourth-order valence-corrected chi connectivity index (χ4v) is 2.41. The number of rotatable bonds is 2. The van der Waals surface area contributed by atoms with E-state index in [0.717, 1.165) is 25.0 Å². The Kier molecular flexibility index (Phi) is 4.52. The normalized spacial score (nSPS) is 18.9. The van der Waals surface area contributed by atoms with Crippen molar-refractivity contribution in [3.05, 3.63) is 40.4 Å². The molecule has 1 aromatic carbocycles. The fourth-order valence-electron chi connectivity index (χ4n) is 2.06. The van der Waals surface area contributed by atoms with Gasteiger partial charge in [0.05, 0.1) is 11.3 Å². The number of benzene rings is 1. The van der Waals surface area contributed by atoms with Gasteiger partial charge in [-0.25, -0.2) is 0 Å². The number of anilines is 1. The topological polar surface area (TPSA) is 29.1 Å². The van der Waals surface area contributed by atoms with Crippen LogP contribution in [0.4, 0.5) is 18.9 Å². The quantitative estimate of drug-likeness (QED) is 0.767. The number of halogens is 4. The molecule has 0 saturated carbocycles. The monoisotopic (exact) mass is 347 g/mol. The summed E-state index contributed by atoms with van der Waals surface area (Å²) in [5.74, 6) is -0.421. The van der Waals surface area contributed by atoms with E-state index in [1.165, 1.54) is 6.07 Å². The van der Waals surface area contributed by atoms with Crippen molar-refractivity contribution in [1.82, 2.24) is 0 Å². The van der Waals surface area contributed by atoms with Gasteiger partial charge in [-0.05, 0) is 53.4 Å². The van der Waals surface area contributed by atoms with Crippen LogP contribution in [0.3, 0.4) is 0 Å². The number of allylic oxidation sites excluding steroid dienone is 2. The SMILES string of the molecule is O=C(Nc1cc(C(F)(F)F)ccc1Br)C1CC=CCC1. The maximum Gasteiger partial charge on any atom is 0.416 e. The summed E-state index contributed by atoms with van der Waals surface area (Å²) in [7, 11) is 0. The predicted molar refractivity (Wildman–Crippen MR) is 74.3 cm³/mol. The molecule has 0 radical (unpaired) electrons. The van der Waals surface area contributed by atoms with E-state index in [1.807, 2.05) is 12.2 Å². The molecule has 0 aromatic heterocycles. The number of carbonyl (C=O) groups excluding carboxylic acids is 1. The first-order chi connectivity index (χ1) is 9.38. The molecule has 0 bridgehead atoms. The second-order valence-corrected chi connectivity index (χ2v) is 5.52. The Labute approximate surface area is 123 Å². The Morgan fingerprint density at radius 2 is 2.05 bits per heavy atom. The van der Waals surface area contributed by atoms with Gasteiger partial charge in [0.2, 0.25) is 5.91 Å². The smallest absolute Gasteiger partial charge is 0.325 e. The van der Waals surface area contributed by atoms with Crippen molar-refractivity contribution in [2.75, 3.05) is 5.32 Å². The third-order valence-corrected chi connectivity index (χ3v) is 3.88. The first-order valence-corrected chi connectivity index (χ1v) is 7.00. The molecule has 1 aliphatic rings. The second-order valence-electron chi connectivity index (χ2n) is 4.66. The lowest BCUT2D eigenvalue weighted by molar-refractivity contribution is -0.137. The van der Waals surface area contributed by atoms with E-state index >= 15 is 0 Å². The average Bonchev–Trinajstić information content (AvgIpc) is 2.41. The summed E-state index contributed by atoms with van der Waals surface area (Å²) >= 11 is 3.15. The van der Waals surface area contributed by atoms with Gasteiger partial charge < -0.3 is 5.32 Å². The lowest BCUT2D eigenvalue weighted by atomic mass is 9.93. The molecule has 1 aliphatic carbocycles. The van der Waals surface area contributed by atoms with E-state index in [9.17, 15) is 18.0 Å². The molecule has 6 heteroatoms. The minimum absolute atomic E-state index is 0.152. The fraction of sp³-hybridized carbons (Fsp3) is 0.357. The maximum absolute atomic E-state index is 12.7. The van der Waals surface area contributed by atoms with E-state index < -0.39 is 11.7 Å². The van der Waals surface area contributed by atoms with Crippen LogP contribution in [0.1, 0.15) is 24.8 Å². The van der Waals surface area contributed by atoms with Gasteiger partial charge in [-0.2, -0.15) is 13.2 Å². The van der Waals surface area contributed by atoms with Gasteiger partial charge in [0.1, 0.15) is 0 Å². The van der Waals surface area contributed by atoms with Gasteiger partial charge in [0, 0.05) is 10.4 Å². The number of hydrogen-bond donors (Lipinski definition) is 1. The zero-order valence-electron chi connectivity index (χ0n) is 10.5. The van der Waals surface area contributed by atoms with E-state index in [1.54, 1.807) is 0 Å². The van der Waals surface area contributed by atoms with Crippen molar-refractivity contribution in [2.45, 2.75) is 25.4 Å². The van der Waals surface area contributed by atoms with Gasteiger partial charge in [-0.1, -0.05) is 12.2 Å². The van der Waals surface area contributed by atoms with Gasteiger partial charge >= 0.3 is 6.18 Å². The summed E-state index contributed by atoms with van der Waals surface area (Å²) in [6.07, 6.45) is 1.68. The summed E-state index contributed by atoms with van der Waals surface area (Å²) in [6.45, 7) is 0. The highest BCUT2D eigenvalue weighted by atomic mass is 79.9. The maximum atomic E-state index is 12.7. The van der Waals surface area contributed by atoms with E-state index in [0.29, 0.717) is 10.9 Å². The molecule has 108 valence electrons. The van der Waals surface area contributed by atoms with Crippen LogP contribution >= 0.6 is 15.9 Å². The summed E-state index contributed by atoms with van der Waals surface area (Å²) in [5, 5.41) is 2.57. The minimum Gasteiger partial charge on any atom is -0.325 e. The lowest BCUT2D eigenvalue weighted by Gasteiger charge is -2.18. The molecule has 1 aromatic rings. The highest BCUT2D eigenvalue weighted by molar-refractivity contribution is 9.10. The largest absolute Gasteiger partial charge is 0.416 e. The molecule has 1 N–H and O–H groups in total. The zero-order chi connectivity index (χ0) is 14.8. The molecule has 2 nitrogen and oxygen atoms in total. The standard InChI is InChI=1S/C14H13BrF3NO/c15-11-7-6-10(14(16,17)18)8-12(11)19-13(20)9-4-2-1-3-5-9/h1-2,6-9H,3-5H2,(H,19,20). The molecule has 1 unspecified atom stereocenters. The number of nitrogens with one attached hydrogen (secondary N) is 1. The van der Waals surface area contributed by atoms with Crippen LogP contribution in [0.2, 0.25) is 0 Å². The molecular weight excluding hydrogens is 335 g/mol. The Balaban J connectivity index is 2.16. The summed E-state index contributed by atoms with van der Waals surface area (Å²) in [5.41, 5.74) is -0.626. The minimum atomic E-state index is -4.42. The van der Waals surface area contributed by atoms with E-state index in [4.69, 9.17) is 0 Å². The van der Waals surface area contributed by atoms with Gasteiger partial charge in [-0.3, -0.25) is 4.79 Å². The third-order valence-electron chi connectivity index (χ3n) is 3.19. The van der Waals surface area contributed by atoms with Crippen LogP contribution in [-0.4, -0.2) is 5.91 Å². The molecule has 0 aliphatic heterocycles. The summed E-state index contributed by atoms with van der Waals surface area (Å²) < 4.78 is 38.4. The average molecular weight is 348 g/mol. The van der Waals surface area contributed by atoms with Crippen LogP contribution in [0.25, 0.3) is 0 Å². The van der Waals surface area contributed by atoms with E-state index in [-0.39, 0.29) is 17.5 Å². The highest BCUT2D eigenvalue weighted by Gasteiger charge is 2.31. The Morgan fingerprint density at radius 3 is 2.65 bits per heavy atom. The van der Waals surface area contributed by atoms with Gasteiger partial charge in [0.25, 0.3) is 0 Å². The molecular formula is C14H13BrF3NO. The number of alkyl halides is 3. The molecule has 0 heterocycles. The molecule has 0 saturated heterocycles. The predicted octanol–water partition coefficient (Wildman–Crippen LogP) is 4.76. The van der Waals surface area contributed by atoms with Crippen molar-refractivity contribution in [2.24, 2.45) is 5.92 Å². The molecule has 2 rings (SSSR count). The van der Waals surface area contributed by atoms with Gasteiger partial charge in [-0.15, -0.1) is 0 Å². The number of carbonyl (C=O) groups is 1. The van der Waals surface area contributed by atoms with Crippen LogP contribution < -0.4 is 5.32 Å². The molecule has 20 heavy (non-hydrogen) atoms. The lowest BCUT2D eigenvalue weighted by Crippen LogP contribution is -2.24. The van der Waals surface area contributed by atoms with Crippen molar-refractivity contribution in [3.8, 4) is 0 Å².